The van der Waals surface area contributed by atoms with E-state index in [1.807, 2.05) is 0 Å². The summed E-state index contributed by atoms with van der Waals surface area (Å²) in [6, 6.07) is 4.65. The quantitative estimate of drug-likeness (QED) is 0.828. The number of carbonyl (C=O) groups excluding carboxylic acids is 1. The Morgan fingerprint density at radius 2 is 1.80 bits per heavy atom. The maximum absolute atomic E-state index is 12.6. The number of carboxylic acids is 1. The van der Waals surface area contributed by atoms with Crippen LogP contribution in [-0.4, -0.2) is 34.0 Å². The van der Waals surface area contributed by atoms with Crippen LogP contribution in [0.25, 0.3) is 0 Å². The molecule has 0 aliphatic carbocycles. The third-order valence-corrected chi connectivity index (χ3v) is 5.37. The van der Waals surface area contributed by atoms with E-state index in [0.29, 0.717) is 29.9 Å². The molecule has 0 aromatic heterocycles. The Bertz CT molecular complexity index is 625. The number of halogens is 3. The van der Waals surface area contributed by atoms with Gasteiger partial charge in [-0.15, -0.1) is 0 Å². The second-order valence-electron chi connectivity index (χ2n) is 6.29. The van der Waals surface area contributed by atoms with Crippen LogP contribution < -0.4 is 5.32 Å². The Labute approximate surface area is 148 Å². The molecular weight excluding hydrogens is 355 g/mol. The Morgan fingerprint density at radius 1 is 1.24 bits per heavy atom. The molecule has 1 saturated heterocycles. The van der Waals surface area contributed by atoms with Gasteiger partial charge in [0, 0.05) is 5.92 Å². The van der Waals surface area contributed by atoms with Crippen molar-refractivity contribution in [3.63, 3.8) is 0 Å². The van der Waals surface area contributed by atoms with Crippen molar-refractivity contribution in [2.24, 2.45) is 5.92 Å². The zero-order valence-corrected chi connectivity index (χ0v) is 14.5. The Hall–Kier alpha value is -1.70. The summed E-state index contributed by atoms with van der Waals surface area (Å²) < 4.78 is 37.7. The summed E-state index contributed by atoms with van der Waals surface area (Å²) in [5.41, 5.74) is -1.38. The van der Waals surface area contributed by atoms with Gasteiger partial charge in [-0.2, -0.15) is 24.9 Å². The highest BCUT2D eigenvalue weighted by Crippen LogP contribution is 2.30. The number of carboxylic acid groups (broad SMARTS) is 1. The topological polar surface area (TPSA) is 66.4 Å². The molecule has 1 amide bonds. The summed E-state index contributed by atoms with van der Waals surface area (Å²) in [6.07, 6.45) is -3.42. The Kier molecular flexibility index (Phi) is 6.03. The van der Waals surface area contributed by atoms with Gasteiger partial charge in [-0.05, 0) is 48.5 Å². The number of hydrogen-bond donors (Lipinski definition) is 2. The second-order valence-corrected chi connectivity index (χ2v) is 7.51. The van der Waals surface area contributed by atoms with E-state index in [-0.39, 0.29) is 6.42 Å². The van der Waals surface area contributed by atoms with Crippen molar-refractivity contribution in [3.05, 3.63) is 35.4 Å². The first kappa shape index (κ1) is 19.6. The number of rotatable bonds is 5. The minimum absolute atomic E-state index is 0.244. The number of aliphatic carboxylic acids is 1. The van der Waals surface area contributed by atoms with Gasteiger partial charge in [-0.25, -0.2) is 4.79 Å². The Balaban J connectivity index is 2.01. The molecular formula is C17H20F3NO3S. The lowest BCUT2D eigenvalue weighted by molar-refractivity contribution is -0.148. The lowest BCUT2D eigenvalue weighted by Gasteiger charge is -2.34. The van der Waals surface area contributed by atoms with Crippen molar-refractivity contribution >= 4 is 23.6 Å². The van der Waals surface area contributed by atoms with E-state index < -0.39 is 35.1 Å². The van der Waals surface area contributed by atoms with Crippen LogP contribution in [0.15, 0.2) is 24.3 Å². The summed E-state index contributed by atoms with van der Waals surface area (Å²) >= 11 is 1.65. The molecule has 1 heterocycles. The molecule has 1 aliphatic heterocycles. The molecule has 0 bridgehead atoms. The SMILES string of the molecule is CC(Cc1ccc(C(F)(F)F)cc1)C(=O)NC1(C(=O)O)CCSCC1. The molecule has 0 spiro atoms. The molecule has 1 unspecified atom stereocenters. The molecule has 2 rings (SSSR count). The molecule has 0 radical (unpaired) electrons. The fraction of sp³-hybridized carbons (Fsp3) is 0.529. The van der Waals surface area contributed by atoms with Gasteiger partial charge in [0.25, 0.3) is 0 Å². The molecule has 1 atom stereocenters. The fourth-order valence-corrected chi connectivity index (χ4v) is 3.94. The molecule has 1 aromatic carbocycles. The predicted octanol–water partition coefficient (Wildman–Crippen LogP) is 3.35. The van der Waals surface area contributed by atoms with Crippen molar-refractivity contribution in [2.45, 2.75) is 37.9 Å². The van der Waals surface area contributed by atoms with Gasteiger partial charge < -0.3 is 10.4 Å². The van der Waals surface area contributed by atoms with Crippen LogP contribution in [-0.2, 0) is 22.2 Å². The first-order chi connectivity index (χ1) is 11.6. The van der Waals surface area contributed by atoms with Gasteiger partial charge in [0.15, 0.2) is 0 Å². The summed E-state index contributed by atoms with van der Waals surface area (Å²) in [6.45, 7) is 1.64. The fourth-order valence-electron chi connectivity index (χ4n) is 2.75. The summed E-state index contributed by atoms with van der Waals surface area (Å²) in [5, 5.41) is 12.1. The molecule has 1 aliphatic rings. The van der Waals surface area contributed by atoms with Crippen molar-refractivity contribution in [2.75, 3.05) is 11.5 Å². The monoisotopic (exact) mass is 375 g/mol. The van der Waals surface area contributed by atoms with Crippen LogP contribution in [0.4, 0.5) is 13.2 Å². The normalized spacial score (nSPS) is 18.4. The summed E-state index contributed by atoms with van der Waals surface area (Å²) in [4.78, 5) is 24.0. The minimum Gasteiger partial charge on any atom is -0.480 e. The molecule has 4 nitrogen and oxygen atoms in total. The van der Waals surface area contributed by atoms with Gasteiger partial charge in [0.1, 0.15) is 5.54 Å². The zero-order valence-electron chi connectivity index (χ0n) is 13.7. The number of carbonyl (C=O) groups is 2. The Morgan fingerprint density at radius 3 is 2.28 bits per heavy atom. The van der Waals surface area contributed by atoms with Gasteiger partial charge in [-0.1, -0.05) is 19.1 Å². The zero-order chi connectivity index (χ0) is 18.7. The summed E-state index contributed by atoms with van der Waals surface area (Å²) in [5.74, 6) is -0.640. The van der Waals surface area contributed by atoms with Crippen molar-refractivity contribution in [3.8, 4) is 0 Å². The number of benzene rings is 1. The van der Waals surface area contributed by atoms with Crippen molar-refractivity contribution < 1.29 is 27.9 Å². The standard InChI is InChI=1S/C17H20F3NO3S/c1-11(10-12-2-4-13(5-3-12)17(18,19)20)14(22)21-16(15(23)24)6-8-25-9-7-16/h2-5,11H,6-10H2,1H3,(H,21,22)(H,23,24). The third kappa shape index (κ3) is 4.90. The van der Waals surface area contributed by atoms with E-state index in [2.05, 4.69) is 5.32 Å². The van der Waals surface area contributed by atoms with E-state index >= 15 is 0 Å². The largest absolute Gasteiger partial charge is 0.480 e. The summed E-state index contributed by atoms with van der Waals surface area (Å²) in [7, 11) is 0. The van der Waals surface area contributed by atoms with Crippen LogP contribution in [0, 0.1) is 5.92 Å². The maximum Gasteiger partial charge on any atom is 0.416 e. The van der Waals surface area contributed by atoms with Crippen LogP contribution in [0.5, 0.6) is 0 Å². The van der Waals surface area contributed by atoms with E-state index in [0.717, 1.165) is 12.1 Å². The van der Waals surface area contributed by atoms with Crippen LogP contribution in [0.1, 0.15) is 30.9 Å². The minimum atomic E-state index is -4.39. The number of alkyl halides is 3. The van der Waals surface area contributed by atoms with Crippen molar-refractivity contribution in [1.29, 1.82) is 0 Å². The van der Waals surface area contributed by atoms with Gasteiger partial charge in [-0.3, -0.25) is 4.79 Å². The molecule has 2 N–H and O–H groups in total. The molecule has 138 valence electrons. The smallest absolute Gasteiger partial charge is 0.416 e. The van der Waals surface area contributed by atoms with Gasteiger partial charge in [0.05, 0.1) is 5.56 Å². The highest BCUT2D eigenvalue weighted by molar-refractivity contribution is 7.99. The highest BCUT2D eigenvalue weighted by Gasteiger charge is 2.41. The molecule has 8 heteroatoms. The first-order valence-corrected chi connectivity index (χ1v) is 9.09. The number of amides is 1. The van der Waals surface area contributed by atoms with Crippen LogP contribution in [0.3, 0.4) is 0 Å². The van der Waals surface area contributed by atoms with E-state index in [1.165, 1.54) is 12.1 Å². The number of nitrogens with one attached hydrogen (secondary N) is 1. The number of thioether (sulfide) groups is 1. The molecule has 0 saturated carbocycles. The van der Waals surface area contributed by atoms with Crippen molar-refractivity contribution in [1.82, 2.24) is 5.32 Å². The van der Waals surface area contributed by atoms with Crippen LogP contribution >= 0.6 is 11.8 Å². The van der Waals surface area contributed by atoms with Gasteiger partial charge in [0.2, 0.25) is 5.91 Å². The highest BCUT2D eigenvalue weighted by atomic mass is 32.2. The molecule has 25 heavy (non-hydrogen) atoms. The predicted molar refractivity (Wildman–Crippen MR) is 89.4 cm³/mol. The van der Waals surface area contributed by atoms with E-state index in [4.69, 9.17) is 0 Å². The second kappa shape index (κ2) is 7.68. The lowest BCUT2D eigenvalue weighted by Crippen LogP contribution is -2.57. The lowest BCUT2D eigenvalue weighted by atomic mass is 9.90. The van der Waals surface area contributed by atoms with Crippen LogP contribution in [0.2, 0.25) is 0 Å². The average molecular weight is 375 g/mol. The van der Waals surface area contributed by atoms with E-state index in [1.54, 1.807) is 18.7 Å². The third-order valence-electron chi connectivity index (χ3n) is 4.39. The first-order valence-electron chi connectivity index (χ1n) is 7.93. The van der Waals surface area contributed by atoms with Gasteiger partial charge >= 0.3 is 12.1 Å². The molecule has 1 fully saturated rings. The number of hydrogen-bond acceptors (Lipinski definition) is 3. The maximum atomic E-state index is 12.6. The van der Waals surface area contributed by atoms with E-state index in [9.17, 15) is 27.9 Å². The molecule has 1 aromatic rings. The average Bonchev–Trinajstić information content (AvgIpc) is 2.55.